The number of hydrogen-bond acceptors (Lipinski definition) is 3. The molecule has 0 aromatic rings. The van der Waals surface area contributed by atoms with Crippen molar-refractivity contribution >= 4 is 29.9 Å². The molecule has 0 bridgehead atoms. The highest BCUT2D eigenvalue weighted by molar-refractivity contribution is 14.0. The van der Waals surface area contributed by atoms with E-state index in [1.54, 1.807) is 7.11 Å². The van der Waals surface area contributed by atoms with Crippen LogP contribution in [-0.4, -0.2) is 50.0 Å². The summed E-state index contributed by atoms with van der Waals surface area (Å²) in [5.41, 5.74) is 0.0667. The molecular formula is C16H34IN3O2. The van der Waals surface area contributed by atoms with Crippen molar-refractivity contribution < 1.29 is 9.84 Å². The Labute approximate surface area is 152 Å². The Morgan fingerprint density at radius 3 is 2.45 bits per heavy atom. The summed E-state index contributed by atoms with van der Waals surface area (Å²) in [5, 5.41) is 16.5. The van der Waals surface area contributed by atoms with Crippen LogP contribution in [0.25, 0.3) is 0 Å². The summed E-state index contributed by atoms with van der Waals surface area (Å²) in [7, 11) is 1.74. The van der Waals surface area contributed by atoms with E-state index in [0.717, 1.165) is 38.3 Å². The molecule has 0 spiro atoms. The van der Waals surface area contributed by atoms with Gasteiger partial charge in [-0.2, -0.15) is 0 Å². The number of nitrogens with zero attached hydrogens (tertiary/aromatic N) is 1. The largest absolute Gasteiger partial charge is 0.393 e. The highest BCUT2D eigenvalue weighted by Crippen LogP contribution is 2.24. The van der Waals surface area contributed by atoms with Gasteiger partial charge in [-0.25, -0.2) is 0 Å². The number of halogens is 1. The van der Waals surface area contributed by atoms with Gasteiger partial charge in [0.2, 0.25) is 0 Å². The summed E-state index contributed by atoms with van der Waals surface area (Å²) < 4.78 is 5.54. The summed E-state index contributed by atoms with van der Waals surface area (Å²) in [5.74, 6) is 1.15. The number of rotatable bonds is 6. The molecule has 0 radical (unpaired) electrons. The van der Waals surface area contributed by atoms with E-state index in [0.29, 0.717) is 12.5 Å². The van der Waals surface area contributed by atoms with Crippen LogP contribution in [0.3, 0.4) is 0 Å². The molecule has 3 N–H and O–H groups in total. The SMILES string of the molecule is CCNC(=NCC(OC)C(C)(C)C)NCC1CCCC1O.I. The zero-order valence-electron chi connectivity index (χ0n) is 14.7. The van der Waals surface area contributed by atoms with Gasteiger partial charge in [0.1, 0.15) is 0 Å². The average molecular weight is 427 g/mol. The Kier molecular flexibility index (Phi) is 10.6. The highest BCUT2D eigenvalue weighted by atomic mass is 127. The lowest BCUT2D eigenvalue weighted by Crippen LogP contribution is -2.42. The maximum absolute atomic E-state index is 9.87. The van der Waals surface area contributed by atoms with Gasteiger partial charge < -0.3 is 20.5 Å². The van der Waals surface area contributed by atoms with E-state index in [1.807, 2.05) is 0 Å². The van der Waals surface area contributed by atoms with Crippen molar-refractivity contribution in [1.29, 1.82) is 0 Å². The van der Waals surface area contributed by atoms with Crippen molar-refractivity contribution in [2.75, 3.05) is 26.7 Å². The molecule has 22 heavy (non-hydrogen) atoms. The molecule has 1 rings (SSSR count). The third-order valence-electron chi connectivity index (χ3n) is 4.16. The van der Waals surface area contributed by atoms with Crippen molar-refractivity contribution in [1.82, 2.24) is 10.6 Å². The van der Waals surface area contributed by atoms with E-state index >= 15 is 0 Å². The van der Waals surface area contributed by atoms with Gasteiger partial charge in [-0.1, -0.05) is 27.2 Å². The molecule has 0 amide bonds. The Hall–Kier alpha value is -0.0800. The first-order valence-electron chi connectivity index (χ1n) is 8.11. The Morgan fingerprint density at radius 1 is 1.32 bits per heavy atom. The predicted octanol–water partition coefficient (Wildman–Crippen LogP) is 2.38. The van der Waals surface area contributed by atoms with Crippen LogP contribution in [0.4, 0.5) is 0 Å². The van der Waals surface area contributed by atoms with Crippen molar-refractivity contribution in [3.63, 3.8) is 0 Å². The monoisotopic (exact) mass is 427 g/mol. The zero-order chi connectivity index (χ0) is 15.9. The maximum Gasteiger partial charge on any atom is 0.191 e. The quantitative estimate of drug-likeness (QED) is 0.346. The molecule has 0 aliphatic heterocycles. The summed E-state index contributed by atoms with van der Waals surface area (Å²) >= 11 is 0. The van der Waals surface area contributed by atoms with Crippen molar-refractivity contribution in [3.8, 4) is 0 Å². The fourth-order valence-corrected chi connectivity index (χ4v) is 2.70. The zero-order valence-corrected chi connectivity index (χ0v) is 17.0. The molecule has 1 fully saturated rings. The topological polar surface area (TPSA) is 65.9 Å². The second kappa shape index (κ2) is 10.6. The second-order valence-electron chi connectivity index (χ2n) is 6.95. The third kappa shape index (κ3) is 7.46. The van der Waals surface area contributed by atoms with Gasteiger partial charge in [0, 0.05) is 26.1 Å². The predicted molar refractivity (Wildman–Crippen MR) is 103 cm³/mol. The van der Waals surface area contributed by atoms with Gasteiger partial charge in [-0.3, -0.25) is 4.99 Å². The summed E-state index contributed by atoms with van der Waals surface area (Å²) in [6.45, 7) is 10.8. The summed E-state index contributed by atoms with van der Waals surface area (Å²) in [4.78, 5) is 4.62. The molecule has 3 unspecified atom stereocenters. The van der Waals surface area contributed by atoms with Crippen LogP contribution in [0.2, 0.25) is 0 Å². The number of guanidine groups is 1. The van der Waals surface area contributed by atoms with Gasteiger partial charge >= 0.3 is 0 Å². The fourth-order valence-electron chi connectivity index (χ4n) is 2.70. The average Bonchev–Trinajstić information content (AvgIpc) is 2.80. The van der Waals surface area contributed by atoms with Gasteiger partial charge in [-0.15, -0.1) is 24.0 Å². The number of aliphatic imine (C=N–C) groups is 1. The number of aliphatic hydroxyl groups excluding tert-OH is 1. The maximum atomic E-state index is 9.87. The Morgan fingerprint density at radius 2 is 2.00 bits per heavy atom. The van der Waals surface area contributed by atoms with E-state index < -0.39 is 0 Å². The first-order valence-corrected chi connectivity index (χ1v) is 8.11. The minimum absolute atomic E-state index is 0. The lowest BCUT2D eigenvalue weighted by molar-refractivity contribution is 0.0241. The van der Waals surface area contributed by atoms with Crippen LogP contribution in [0.5, 0.6) is 0 Å². The summed E-state index contributed by atoms with van der Waals surface area (Å²) in [6, 6.07) is 0. The minimum Gasteiger partial charge on any atom is -0.393 e. The lowest BCUT2D eigenvalue weighted by atomic mass is 9.89. The molecule has 6 heteroatoms. The first-order chi connectivity index (χ1) is 9.88. The number of methoxy groups -OCH3 is 1. The van der Waals surface area contributed by atoms with Crippen LogP contribution in [0.15, 0.2) is 4.99 Å². The second-order valence-corrected chi connectivity index (χ2v) is 6.95. The van der Waals surface area contributed by atoms with Crippen LogP contribution in [0.1, 0.15) is 47.0 Å². The van der Waals surface area contributed by atoms with Gasteiger partial charge in [0.05, 0.1) is 18.8 Å². The van der Waals surface area contributed by atoms with Gasteiger partial charge in [-0.05, 0) is 25.2 Å². The third-order valence-corrected chi connectivity index (χ3v) is 4.16. The van der Waals surface area contributed by atoms with Crippen molar-refractivity contribution in [3.05, 3.63) is 0 Å². The van der Waals surface area contributed by atoms with E-state index in [9.17, 15) is 5.11 Å². The van der Waals surface area contributed by atoms with Crippen LogP contribution in [-0.2, 0) is 4.74 Å². The normalized spacial score (nSPS) is 23.8. The highest BCUT2D eigenvalue weighted by Gasteiger charge is 2.26. The molecule has 1 saturated carbocycles. The number of ether oxygens (including phenoxy) is 1. The molecule has 5 nitrogen and oxygen atoms in total. The Balaban J connectivity index is 0.00000441. The molecule has 1 aliphatic carbocycles. The molecular weight excluding hydrogens is 393 g/mol. The molecule has 0 saturated heterocycles. The number of nitrogens with one attached hydrogen (secondary N) is 2. The molecule has 0 aromatic heterocycles. The standard InChI is InChI=1S/C16H33N3O2.HI/c1-6-17-15(18-10-12-8-7-9-13(12)20)19-11-14(21-5)16(2,3)4;/h12-14,20H,6-11H2,1-5H3,(H2,17,18,19);1H. The Bertz CT molecular complexity index is 332. The molecule has 0 heterocycles. The van der Waals surface area contributed by atoms with Gasteiger partial charge in [0.15, 0.2) is 5.96 Å². The number of hydrogen-bond donors (Lipinski definition) is 3. The van der Waals surface area contributed by atoms with Crippen LogP contribution >= 0.6 is 24.0 Å². The first kappa shape index (κ1) is 21.9. The van der Waals surface area contributed by atoms with Crippen LogP contribution < -0.4 is 10.6 Å². The molecule has 132 valence electrons. The van der Waals surface area contributed by atoms with Gasteiger partial charge in [0.25, 0.3) is 0 Å². The fraction of sp³-hybridized carbons (Fsp3) is 0.938. The van der Waals surface area contributed by atoms with Crippen LogP contribution in [0, 0.1) is 11.3 Å². The van der Waals surface area contributed by atoms with Crippen molar-refractivity contribution in [2.45, 2.75) is 59.2 Å². The van der Waals surface area contributed by atoms with E-state index in [4.69, 9.17) is 4.74 Å². The minimum atomic E-state index is -0.165. The molecule has 0 aromatic carbocycles. The van der Waals surface area contributed by atoms with Crippen molar-refractivity contribution in [2.24, 2.45) is 16.3 Å². The molecule has 1 aliphatic rings. The summed E-state index contributed by atoms with van der Waals surface area (Å²) in [6.07, 6.45) is 3.06. The number of aliphatic hydroxyl groups is 1. The lowest BCUT2D eigenvalue weighted by Gasteiger charge is -2.28. The molecule has 3 atom stereocenters. The van der Waals surface area contributed by atoms with E-state index in [1.165, 1.54) is 0 Å². The van der Waals surface area contributed by atoms with E-state index in [-0.39, 0.29) is 41.6 Å². The van der Waals surface area contributed by atoms with E-state index in [2.05, 4.69) is 43.3 Å². The smallest absolute Gasteiger partial charge is 0.191 e.